The highest BCUT2D eigenvalue weighted by Gasteiger charge is 2.16. The van der Waals surface area contributed by atoms with Gasteiger partial charge >= 0.3 is 0 Å². The van der Waals surface area contributed by atoms with Crippen LogP contribution in [0.2, 0.25) is 0 Å². The van der Waals surface area contributed by atoms with E-state index in [-0.39, 0.29) is 0 Å². The molecule has 0 aromatic carbocycles. The van der Waals surface area contributed by atoms with Gasteiger partial charge in [-0.15, -0.1) is 0 Å². The highest BCUT2D eigenvalue weighted by atomic mass is 19.2. The lowest BCUT2D eigenvalue weighted by atomic mass is 10.2. The van der Waals surface area contributed by atoms with Gasteiger partial charge in [0.1, 0.15) is 5.82 Å². The summed E-state index contributed by atoms with van der Waals surface area (Å²) in [6.07, 6.45) is 0. The van der Waals surface area contributed by atoms with E-state index in [2.05, 4.69) is 4.98 Å². The lowest BCUT2D eigenvalue weighted by molar-refractivity contribution is 0.261. The van der Waals surface area contributed by atoms with Crippen molar-refractivity contribution in [3.05, 3.63) is 29.3 Å². The number of nitrogens with zero attached hydrogens (tertiary/aromatic N) is 1. The molecule has 3 nitrogen and oxygen atoms in total. The lowest BCUT2D eigenvalue weighted by Crippen LogP contribution is -2.19. The normalized spacial score (nSPS) is 13.0. The van der Waals surface area contributed by atoms with E-state index in [0.29, 0.717) is 6.07 Å². The molecule has 6 heteroatoms. The fraction of sp³-hybridized carbons (Fsp3) is 0.286. The Hall–Kier alpha value is -1.14. The van der Waals surface area contributed by atoms with Crippen LogP contribution in [0.1, 0.15) is 11.7 Å². The van der Waals surface area contributed by atoms with Crippen molar-refractivity contribution in [3.8, 4) is 0 Å². The second-order valence-electron chi connectivity index (χ2n) is 2.42. The highest BCUT2D eigenvalue weighted by Crippen LogP contribution is 2.14. The van der Waals surface area contributed by atoms with Crippen molar-refractivity contribution in [3.63, 3.8) is 0 Å². The molecule has 13 heavy (non-hydrogen) atoms. The van der Waals surface area contributed by atoms with E-state index in [0.717, 1.165) is 0 Å². The number of halogens is 3. The second kappa shape index (κ2) is 3.71. The molecule has 0 bridgehead atoms. The predicted molar refractivity (Wildman–Crippen MR) is 38.1 cm³/mol. The van der Waals surface area contributed by atoms with Crippen LogP contribution < -0.4 is 5.73 Å². The summed E-state index contributed by atoms with van der Waals surface area (Å²) in [5, 5.41) is 8.52. The van der Waals surface area contributed by atoms with Gasteiger partial charge in [0.05, 0.1) is 18.3 Å². The van der Waals surface area contributed by atoms with E-state index < -0.39 is 35.9 Å². The first-order chi connectivity index (χ1) is 6.06. The minimum atomic E-state index is -1.43. The Bertz CT molecular complexity index is 319. The van der Waals surface area contributed by atoms with Crippen molar-refractivity contribution in [2.45, 2.75) is 6.04 Å². The van der Waals surface area contributed by atoms with Crippen molar-refractivity contribution in [2.24, 2.45) is 5.73 Å². The van der Waals surface area contributed by atoms with E-state index in [1.165, 1.54) is 0 Å². The number of hydrogen-bond acceptors (Lipinski definition) is 3. The van der Waals surface area contributed by atoms with Crippen LogP contribution in [0.3, 0.4) is 0 Å². The summed E-state index contributed by atoms with van der Waals surface area (Å²) in [5.41, 5.74) is 4.69. The van der Waals surface area contributed by atoms with Crippen LogP contribution in [-0.4, -0.2) is 16.7 Å². The Morgan fingerprint density at radius 1 is 1.38 bits per heavy atom. The molecule has 0 unspecified atom stereocenters. The Morgan fingerprint density at radius 2 is 2.00 bits per heavy atom. The topological polar surface area (TPSA) is 59.1 Å². The van der Waals surface area contributed by atoms with Gasteiger partial charge in [-0.25, -0.2) is 13.8 Å². The van der Waals surface area contributed by atoms with Crippen LogP contribution in [0, 0.1) is 17.6 Å². The first-order valence-electron chi connectivity index (χ1n) is 3.44. The van der Waals surface area contributed by atoms with Crippen LogP contribution in [-0.2, 0) is 0 Å². The van der Waals surface area contributed by atoms with Gasteiger partial charge in [-0.2, -0.15) is 4.39 Å². The standard InChI is InChI=1S/C7H7F3N2O/c8-3-1-4(9)7(10)12-6(3)5(11)2-13/h1,5,13H,2,11H2/t5-/m0/s1. The number of aliphatic hydroxyl groups excluding tert-OH is 1. The Morgan fingerprint density at radius 3 is 2.54 bits per heavy atom. The van der Waals surface area contributed by atoms with Crippen molar-refractivity contribution in [1.82, 2.24) is 4.98 Å². The molecule has 0 radical (unpaired) electrons. The van der Waals surface area contributed by atoms with Crippen molar-refractivity contribution in [2.75, 3.05) is 6.61 Å². The number of pyridine rings is 1. The minimum Gasteiger partial charge on any atom is -0.394 e. The summed E-state index contributed by atoms with van der Waals surface area (Å²) < 4.78 is 37.6. The van der Waals surface area contributed by atoms with Crippen molar-refractivity contribution >= 4 is 0 Å². The molecular formula is C7H7F3N2O. The molecule has 1 aromatic heterocycles. The SMILES string of the molecule is N[C@@H](CO)c1nc(F)c(F)cc1F. The number of aliphatic hydroxyl groups is 1. The molecule has 0 aliphatic rings. The zero-order valence-electron chi connectivity index (χ0n) is 6.47. The average Bonchev–Trinajstić information content (AvgIpc) is 2.10. The zero-order chi connectivity index (χ0) is 10.0. The molecule has 72 valence electrons. The molecule has 0 fully saturated rings. The molecular weight excluding hydrogens is 185 g/mol. The Labute approximate surface area is 72.0 Å². The maximum Gasteiger partial charge on any atom is 0.249 e. The first-order valence-corrected chi connectivity index (χ1v) is 3.44. The van der Waals surface area contributed by atoms with Gasteiger partial charge in [0.25, 0.3) is 0 Å². The van der Waals surface area contributed by atoms with Gasteiger partial charge in [0, 0.05) is 6.07 Å². The molecule has 0 spiro atoms. The van der Waals surface area contributed by atoms with Gasteiger partial charge in [-0.3, -0.25) is 0 Å². The van der Waals surface area contributed by atoms with E-state index in [1.54, 1.807) is 0 Å². The highest BCUT2D eigenvalue weighted by molar-refractivity contribution is 5.13. The Kier molecular flexibility index (Phi) is 2.84. The zero-order valence-corrected chi connectivity index (χ0v) is 6.47. The van der Waals surface area contributed by atoms with E-state index >= 15 is 0 Å². The van der Waals surface area contributed by atoms with Crippen LogP contribution in [0.5, 0.6) is 0 Å². The molecule has 0 amide bonds. The number of rotatable bonds is 2. The van der Waals surface area contributed by atoms with E-state index in [9.17, 15) is 13.2 Å². The largest absolute Gasteiger partial charge is 0.394 e. The molecule has 1 aromatic rings. The van der Waals surface area contributed by atoms with Gasteiger partial charge < -0.3 is 10.8 Å². The summed E-state index contributed by atoms with van der Waals surface area (Å²) in [6, 6.07) is -0.803. The summed E-state index contributed by atoms with van der Waals surface area (Å²) in [6.45, 7) is -0.588. The van der Waals surface area contributed by atoms with Crippen molar-refractivity contribution < 1.29 is 18.3 Å². The summed E-state index contributed by atoms with van der Waals surface area (Å²) in [5.74, 6) is -3.88. The summed E-state index contributed by atoms with van der Waals surface area (Å²) in [7, 11) is 0. The fourth-order valence-electron chi connectivity index (χ4n) is 0.804. The predicted octanol–water partition coefficient (Wildman–Crippen LogP) is 0.491. The molecule has 1 heterocycles. The minimum absolute atomic E-state index is 0.340. The third kappa shape index (κ3) is 1.96. The first kappa shape index (κ1) is 9.94. The van der Waals surface area contributed by atoms with Crippen LogP contribution in [0.4, 0.5) is 13.2 Å². The van der Waals surface area contributed by atoms with Crippen LogP contribution >= 0.6 is 0 Å². The Balaban J connectivity index is 3.15. The van der Waals surface area contributed by atoms with Crippen LogP contribution in [0.15, 0.2) is 6.07 Å². The molecule has 1 atom stereocenters. The fourth-order valence-corrected chi connectivity index (χ4v) is 0.804. The van der Waals surface area contributed by atoms with Gasteiger partial charge in [0.15, 0.2) is 5.82 Å². The average molecular weight is 192 g/mol. The third-order valence-electron chi connectivity index (χ3n) is 1.46. The monoisotopic (exact) mass is 192 g/mol. The smallest absolute Gasteiger partial charge is 0.249 e. The maximum absolute atomic E-state index is 12.8. The third-order valence-corrected chi connectivity index (χ3v) is 1.46. The molecule has 0 saturated heterocycles. The quantitative estimate of drug-likeness (QED) is 0.670. The van der Waals surface area contributed by atoms with E-state index in [1.807, 2.05) is 0 Å². The van der Waals surface area contributed by atoms with Crippen molar-refractivity contribution in [1.29, 1.82) is 0 Å². The van der Waals surface area contributed by atoms with Gasteiger partial charge in [0.2, 0.25) is 5.95 Å². The van der Waals surface area contributed by atoms with Gasteiger partial charge in [-0.1, -0.05) is 0 Å². The molecule has 0 aliphatic carbocycles. The van der Waals surface area contributed by atoms with Gasteiger partial charge in [-0.05, 0) is 0 Å². The van der Waals surface area contributed by atoms with E-state index in [4.69, 9.17) is 10.8 Å². The maximum atomic E-state index is 12.8. The molecule has 3 N–H and O–H groups in total. The number of hydrogen-bond donors (Lipinski definition) is 2. The lowest BCUT2D eigenvalue weighted by Gasteiger charge is -2.08. The molecule has 0 aliphatic heterocycles. The summed E-state index contributed by atoms with van der Waals surface area (Å²) >= 11 is 0. The number of nitrogens with two attached hydrogens (primary N) is 1. The summed E-state index contributed by atoms with van der Waals surface area (Å²) in [4.78, 5) is 2.94. The molecule has 0 saturated carbocycles. The molecule has 1 rings (SSSR count). The number of aromatic nitrogens is 1. The van der Waals surface area contributed by atoms with Crippen LogP contribution in [0.25, 0.3) is 0 Å². The second-order valence-corrected chi connectivity index (χ2v) is 2.42.